The van der Waals surface area contributed by atoms with Crippen molar-refractivity contribution in [3.05, 3.63) is 59.7 Å². The molecular formula is C16H20O2S. The molecule has 0 spiro atoms. The first kappa shape index (κ1) is 15.4. The third-order valence-corrected chi connectivity index (χ3v) is 4.60. The average Bonchev–Trinajstić information content (AvgIpc) is 2.44. The number of hydrogen-bond donors (Lipinski definition) is 0. The fourth-order valence-corrected chi connectivity index (χ4v) is 3.33. The molecule has 0 bridgehead atoms. The molecule has 2 aromatic carbocycles. The summed E-state index contributed by atoms with van der Waals surface area (Å²) in [5, 5.41) is 0. The molecule has 0 unspecified atom stereocenters. The minimum absolute atomic E-state index is 0.341. The zero-order chi connectivity index (χ0) is 14.5. The van der Waals surface area contributed by atoms with Crippen LogP contribution in [0.1, 0.15) is 25.0 Å². The van der Waals surface area contributed by atoms with Crippen molar-refractivity contribution in [2.24, 2.45) is 0 Å². The van der Waals surface area contributed by atoms with E-state index in [9.17, 15) is 8.42 Å². The topological polar surface area (TPSA) is 34.1 Å². The molecule has 0 aromatic heterocycles. The molecule has 0 aliphatic carbocycles. The standard InChI is InChI=1S/C14H14O2S.C2H6/c1-11-8-9-12(2)14(10-11)17(15,16)13-6-4-3-5-7-13;1-2/h3-10H,1-2H3;1-2H3. The third-order valence-electron chi connectivity index (χ3n) is 2.69. The van der Waals surface area contributed by atoms with Crippen LogP contribution in [0.4, 0.5) is 0 Å². The maximum absolute atomic E-state index is 12.4. The van der Waals surface area contributed by atoms with Crippen molar-refractivity contribution in [3.63, 3.8) is 0 Å². The van der Waals surface area contributed by atoms with Crippen LogP contribution in [-0.4, -0.2) is 8.42 Å². The van der Waals surface area contributed by atoms with Crippen LogP contribution in [-0.2, 0) is 9.84 Å². The first-order chi connectivity index (χ1) is 9.01. The van der Waals surface area contributed by atoms with Crippen LogP contribution in [0.3, 0.4) is 0 Å². The number of benzene rings is 2. The van der Waals surface area contributed by atoms with Gasteiger partial charge in [-0.2, -0.15) is 0 Å². The van der Waals surface area contributed by atoms with E-state index in [0.29, 0.717) is 9.79 Å². The predicted molar refractivity (Wildman–Crippen MR) is 79.2 cm³/mol. The monoisotopic (exact) mass is 276 g/mol. The van der Waals surface area contributed by atoms with E-state index >= 15 is 0 Å². The van der Waals surface area contributed by atoms with Gasteiger partial charge in [-0.25, -0.2) is 8.42 Å². The van der Waals surface area contributed by atoms with Gasteiger partial charge in [-0.3, -0.25) is 0 Å². The van der Waals surface area contributed by atoms with Crippen molar-refractivity contribution in [2.75, 3.05) is 0 Å². The molecule has 0 atom stereocenters. The first-order valence-electron chi connectivity index (χ1n) is 6.39. The molecule has 0 amide bonds. The van der Waals surface area contributed by atoms with Crippen LogP contribution in [0.25, 0.3) is 0 Å². The van der Waals surface area contributed by atoms with Gasteiger partial charge < -0.3 is 0 Å². The molecule has 19 heavy (non-hydrogen) atoms. The van der Waals surface area contributed by atoms with E-state index in [1.807, 2.05) is 45.9 Å². The van der Waals surface area contributed by atoms with E-state index in [1.54, 1.807) is 30.3 Å². The number of hydrogen-bond acceptors (Lipinski definition) is 2. The summed E-state index contributed by atoms with van der Waals surface area (Å²) in [5.41, 5.74) is 1.73. The summed E-state index contributed by atoms with van der Waals surface area (Å²) in [6, 6.07) is 14.0. The van der Waals surface area contributed by atoms with E-state index in [2.05, 4.69) is 0 Å². The maximum Gasteiger partial charge on any atom is 0.206 e. The molecular weight excluding hydrogens is 256 g/mol. The van der Waals surface area contributed by atoms with Crippen LogP contribution in [0.5, 0.6) is 0 Å². The summed E-state index contributed by atoms with van der Waals surface area (Å²) < 4.78 is 24.8. The number of rotatable bonds is 2. The Labute approximate surface area is 116 Å². The Bertz CT molecular complexity index is 629. The van der Waals surface area contributed by atoms with Gasteiger partial charge in [-0.15, -0.1) is 0 Å². The van der Waals surface area contributed by atoms with Gasteiger partial charge in [0, 0.05) is 0 Å². The van der Waals surface area contributed by atoms with Crippen LogP contribution < -0.4 is 0 Å². The Morgan fingerprint density at radius 1 is 0.842 bits per heavy atom. The van der Waals surface area contributed by atoms with Gasteiger partial charge in [0.25, 0.3) is 0 Å². The van der Waals surface area contributed by atoms with Gasteiger partial charge in [-0.05, 0) is 43.2 Å². The molecule has 0 fully saturated rings. The molecule has 0 saturated heterocycles. The molecule has 0 heterocycles. The van der Waals surface area contributed by atoms with E-state index in [1.165, 1.54) is 0 Å². The highest BCUT2D eigenvalue weighted by Gasteiger charge is 2.19. The SMILES string of the molecule is CC.Cc1ccc(C)c(S(=O)(=O)c2ccccc2)c1. The highest BCUT2D eigenvalue weighted by molar-refractivity contribution is 7.91. The summed E-state index contributed by atoms with van der Waals surface area (Å²) in [7, 11) is -3.39. The van der Waals surface area contributed by atoms with E-state index in [4.69, 9.17) is 0 Å². The molecule has 0 aliphatic heterocycles. The minimum Gasteiger partial charge on any atom is -0.219 e. The second-order valence-corrected chi connectivity index (χ2v) is 6.00. The molecule has 0 N–H and O–H groups in total. The summed E-state index contributed by atoms with van der Waals surface area (Å²) in [5.74, 6) is 0. The fraction of sp³-hybridized carbons (Fsp3) is 0.250. The van der Waals surface area contributed by atoms with Crippen LogP contribution in [0, 0.1) is 13.8 Å². The minimum atomic E-state index is -3.39. The quantitative estimate of drug-likeness (QED) is 0.825. The van der Waals surface area contributed by atoms with Crippen LogP contribution in [0.15, 0.2) is 58.3 Å². The predicted octanol–water partition coefficient (Wildman–Crippen LogP) is 4.16. The lowest BCUT2D eigenvalue weighted by molar-refractivity contribution is 0.595. The van der Waals surface area contributed by atoms with E-state index in [0.717, 1.165) is 11.1 Å². The average molecular weight is 276 g/mol. The van der Waals surface area contributed by atoms with Crippen LogP contribution >= 0.6 is 0 Å². The molecule has 2 nitrogen and oxygen atoms in total. The highest BCUT2D eigenvalue weighted by atomic mass is 32.2. The Kier molecular flexibility index (Phi) is 5.31. The maximum atomic E-state index is 12.4. The Balaban J connectivity index is 0.000000861. The molecule has 2 rings (SSSR count). The first-order valence-corrected chi connectivity index (χ1v) is 7.87. The normalized spacial score (nSPS) is 10.5. The summed E-state index contributed by atoms with van der Waals surface area (Å²) >= 11 is 0. The third kappa shape index (κ3) is 3.44. The zero-order valence-corrected chi connectivity index (χ0v) is 12.7. The largest absolute Gasteiger partial charge is 0.219 e. The molecule has 0 radical (unpaired) electrons. The van der Waals surface area contributed by atoms with Gasteiger partial charge in [0.05, 0.1) is 9.79 Å². The number of sulfone groups is 1. The Morgan fingerprint density at radius 2 is 1.42 bits per heavy atom. The van der Waals surface area contributed by atoms with Crippen molar-refractivity contribution in [3.8, 4) is 0 Å². The van der Waals surface area contributed by atoms with Gasteiger partial charge in [0.1, 0.15) is 0 Å². The molecule has 102 valence electrons. The van der Waals surface area contributed by atoms with Crippen molar-refractivity contribution < 1.29 is 8.42 Å². The van der Waals surface area contributed by atoms with Gasteiger partial charge >= 0.3 is 0 Å². The second kappa shape index (κ2) is 6.53. The van der Waals surface area contributed by atoms with E-state index < -0.39 is 9.84 Å². The Hall–Kier alpha value is -1.61. The van der Waals surface area contributed by atoms with Crippen molar-refractivity contribution >= 4 is 9.84 Å². The summed E-state index contributed by atoms with van der Waals surface area (Å²) in [6.07, 6.45) is 0. The second-order valence-electron chi connectivity index (χ2n) is 4.09. The number of aryl methyl sites for hydroxylation is 2. The lowest BCUT2D eigenvalue weighted by Gasteiger charge is -2.08. The smallest absolute Gasteiger partial charge is 0.206 e. The van der Waals surface area contributed by atoms with E-state index in [-0.39, 0.29) is 0 Å². The summed E-state index contributed by atoms with van der Waals surface area (Å²) in [6.45, 7) is 7.71. The lowest BCUT2D eigenvalue weighted by atomic mass is 10.2. The van der Waals surface area contributed by atoms with Gasteiger partial charge in [0.15, 0.2) is 0 Å². The summed E-state index contributed by atoms with van der Waals surface area (Å²) in [4.78, 5) is 0.734. The highest BCUT2D eigenvalue weighted by Crippen LogP contribution is 2.24. The van der Waals surface area contributed by atoms with Crippen LogP contribution in [0.2, 0.25) is 0 Å². The molecule has 0 saturated carbocycles. The molecule has 3 heteroatoms. The Morgan fingerprint density at radius 3 is 2.00 bits per heavy atom. The fourth-order valence-electron chi connectivity index (χ4n) is 1.72. The van der Waals surface area contributed by atoms with Gasteiger partial charge in [0.2, 0.25) is 9.84 Å². The lowest BCUT2D eigenvalue weighted by Crippen LogP contribution is -2.04. The zero-order valence-electron chi connectivity index (χ0n) is 11.8. The molecule has 2 aromatic rings. The molecule has 0 aliphatic rings. The van der Waals surface area contributed by atoms with Crippen molar-refractivity contribution in [1.82, 2.24) is 0 Å². The van der Waals surface area contributed by atoms with Gasteiger partial charge in [-0.1, -0.05) is 44.2 Å². The van der Waals surface area contributed by atoms with Crippen molar-refractivity contribution in [1.29, 1.82) is 0 Å². The van der Waals surface area contributed by atoms with Crippen molar-refractivity contribution in [2.45, 2.75) is 37.5 Å².